The van der Waals surface area contributed by atoms with Gasteiger partial charge in [0.2, 0.25) is 11.8 Å². The minimum Gasteiger partial charge on any atom is -0.444 e. The first-order valence-electron chi connectivity index (χ1n) is 9.97. The van der Waals surface area contributed by atoms with Crippen molar-refractivity contribution in [2.24, 2.45) is 0 Å². The first-order chi connectivity index (χ1) is 14.6. The number of carbonyl (C=O) groups is 3. The first-order valence-corrected chi connectivity index (χ1v) is 10.8. The van der Waals surface area contributed by atoms with E-state index in [0.29, 0.717) is 25.1 Å². The fourth-order valence-corrected chi connectivity index (χ4v) is 3.12. The average molecular weight is 490 g/mol. The van der Waals surface area contributed by atoms with Crippen molar-refractivity contribution in [3.8, 4) is 0 Å². The van der Waals surface area contributed by atoms with Gasteiger partial charge in [0, 0.05) is 23.1 Å². The number of anilines is 1. The van der Waals surface area contributed by atoms with Gasteiger partial charge in [-0.25, -0.2) is 4.79 Å². The second kappa shape index (κ2) is 11.5. The van der Waals surface area contributed by atoms with E-state index in [9.17, 15) is 14.4 Å². The molecular formula is C23H28BrN3O4. The Bertz CT molecular complexity index is 925. The third kappa shape index (κ3) is 10.1. The van der Waals surface area contributed by atoms with Gasteiger partial charge >= 0.3 is 6.09 Å². The summed E-state index contributed by atoms with van der Waals surface area (Å²) in [6, 6.07) is 15.1. The smallest absolute Gasteiger partial charge is 0.408 e. The number of alkyl carbamates (subject to hydrolysis) is 1. The van der Waals surface area contributed by atoms with Crippen molar-refractivity contribution in [1.82, 2.24) is 10.6 Å². The molecule has 0 heterocycles. The second-order valence-corrected chi connectivity index (χ2v) is 8.93. The molecule has 0 spiro atoms. The maximum atomic E-state index is 12.1. The summed E-state index contributed by atoms with van der Waals surface area (Å²) in [5.41, 5.74) is 1.90. The lowest BCUT2D eigenvalue weighted by atomic mass is 10.1. The van der Waals surface area contributed by atoms with E-state index in [4.69, 9.17) is 4.74 Å². The zero-order valence-electron chi connectivity index (χ0n) is 18.0. The van der Waals surface area contributed by atoms with E-state index < -0.39 is 11.7 Å². The van der Waals surface area contributed by atoms with Crippen molar-refractivity contribution in [3.05, 3.63) is 64.1 Å². The summed E-state index contributed by atoms with van der Waals surface area (Å²) in [6.07, 6.45) is 0.400. The number of rotatable bonds is 8. The van der Waals surface area contributed by atoms with E-state index in [1.54, 1.807) is 39.0 Å². The largest absolute Gasteiger partial charge is 0.444 e. The molecule has 0 aliphatic carbocycles. The Balaban J connectivity index is 1.76. The molecule has 2 aromatic rings. The van der Waals surface area contributed by atoms with E-state index in [2.05, 4.69) is 31.9 Å². The molecule has 2 aromatic carbocycles. The third-order valence-corrected chi connectivity index (χ3v) is 4.52. The van der Waals surface area contributed by atoms with Gasteiger partial charge in [-0.05, 0) is 62.6 Å². The molecule has 0 bridgehead atoms. The zero-order chi connectivity index (χ0) is 22.9. The van der Waals surface area contributed by atoms with Crippen LogP contribution in [0, 0.1) is 0 Å². The van der Waals surface area contributed by atoms with Gasteiger partial charge in [0.25, 0.3) is 0 Å². The third-order valence-electron chi connectivity index (χ3n) is 4.02. The highest BCUT2D eigenvalue weighted by Gasteiger charge is 2.16. The van der Waals surface area contributed by atoms with Crippen LogP contribution in [0.1, 0.15) is 38.3 Å². The number of hydrogen-bond acceptors (Lipinski definition) is 4. The average Bonchev–Trinajstić information content (AvgIpc) is 2.68. The van der Waals surface area contributed by atoms with Crippen molar-refractivity contribution < 1.29 is 19.1 Å². The molecular weight excluding hydrogens is 462 g/mol. The van der Waals surface area contributed by atoms with E-state index in [1.165, 1.54) is 0 Å². The number of carbonyl (C=O) groups excluding carboxylic acids is 3. The van der Waals surface area contributed by atoms with Gasteiger partial charge in [-0.1, -0.05) is 40.2 Å². The molecule has 0 aliphatic rings. The Morgan fingerprint density at radius 1 is 0.935 bits per heavy atom. The Morgan fingerprint density at radius 2 is 1.65 bits per heavy atom. The molecule has 166 valence electrons. The van der Waals surface area contributed by atoms with Crippen LogP contribution in [0.25, 0.3) is 0 Å². The van der Waals surface area contributed by atoms with Gasteiger partial charge < -0.3 is 20.7 Å². The van der Waals surface area contributed by atoms with Crippen LogP contribution in [0.4, 0.5) is 10.5 Å². The molecule has 31 heavy (non-hydrogen) atoms. The highest BCUT2D eigenvalue weighted by molar-refractivity contribution is 9.10. The molecule has 2 rings (SSSR count). The molecule has 0 aliphatic heterocycles. The Hall–Kier alpha value is -2.87. The minimum absolute atomic E-state index is 0.0454. The maximum absolute atomic E-state index is 12.1. The van der Waals surface area contributed by atoms with Gasteiger partial charge in [-0.2, -0.15) is 0 Å². The molecule has 0 saturated heterocycles. The van der Waals surface area contributed by atoms with Crippen LogP contribution in [0.3, 0.4) is 0 Å². The highest BCUT2D eigenvalue weighted by atomic mass is 79.9. The number of ether oxygens (including phenoxy) is 1. The normalized spacial score (nSPS) is 10.8. The van der Waals surface area contributed by atoms with Crippen LogP contribution >= 0.6 is 15.9 Å². The molecule has 3 amide bonds. The number of hydrogen-bond donors (Lipinski definition) is 3. The van der Waals surface area contributed by atoms with E-state index in [-0.39, 0.29) is 18.4 Å². The summed E-state index contributed by atoms with van der Waals surface area (Å²) < 4.78 is 6.08. The summed E-state index contributed by atoms with van der Waals surface area (Å²) in [5.74, 6) is -0.419. The van der Waals surface area contributed by atoms with E-state index in [0.717, 1.165) is 15.6 Å². The lowest BCUT2D eigenvalue weighted by molar-refractivity contribution is -0.121. The molecule has 0 fully saturated rings. The molecule has 0 aromatic heterocycles. The molecule has 3 N–H and O–H groups in total. The molecule has 0 unspecified atom stereocenters. The predicted octanol–water partition coefficient (Wildman–Crippen LogP) is 4.16. The van der Waals surface area contributed by atoms with Gasteiger partial charge in [-0.15, -0.1) is 0 Å². The number of halogens is 1. The summed E-state index contributed by atoms with van der Waals surface area (Å²) in [7, 11) is 0. The van der Waals surface area contributed by atoms with E-state index >= 15 is 0 Å². The number of benzene rings is 2. The van der Waals surface area contributed by atoms with E-state index in [1.807, 2.05) is 30.3 Å². The monoisotopic (exact) mass is 489 g/mol. The Kier molecular flexibility index (Phi) is 9.05. The molecule has 0 saturated carbocycles. The van der Waals surface area contributed by atoms with Crippen LogP contribution in [0.2, 0.25) is 0 Å². The molecule has 7 nitrogen and oxygen atoms in total. The predicted molar refractivity (Wildman–Crippen MR) is 124 cm³/mol. The highest BCUT2D eigenvalue weighted by Crippen LogP contribution is 2.13. The maximum Gasteiger partial charge on any atom is 0.408 e. The molecule has 8 heteroatoms. The second-order valence-electron chi connectivity index (χ2n) is 8.01. The fourth-order valence-electron chi connectivity index (χ4n) is 2.67. The lowest BCUT2D eigenvalue weighted by Crippen LogP contribution is -2.37. The van der Waals surface area contributed by atoms with Crippen molar-refractivity contribution in [2.45, 2.75) is 45.8 Å². The van der Waals surface area contributed by atoms with Crippen LogP contribution in [0.5, 0.6) is 0 Å². The van der Waals surface area contributed by atoms with Crippen molar-refractivity contribution in [1.29, 1.82) is 0 Å². The van der Waals surface area contributed by atoms with Crippen molar-refractivity contribution in [2.75, 3.05) is 11.9 Å². The van der Waals surface area contributed by atoms with Gasteiger partial charge in [0.1, 0.15) is 12.1 Å². The number of amides is 3. The van der Waals surface area contributed by atoms with Crippen LogP contribution in [-0.4, -0.2) is 30.1 Å². The van der Waals surface area contributed by atoms with Crippen LogP contribution in [-0.2, 0) is 27.3 Å². The molecule has 0 atom stereocenters. The lowest BCUT2D eigenvalue weighted by Gasteiger charge is -2.19. The SMILES string of the molecule is CC(C)(C)OC(=O)NCC(=O)Nc1cccc(CNC(=O)CCc2cccc(Br)c2)c1. The summed E-state index contributed by atoms with van der Waals surface area (Å²) in [4.78, 5) is 35.8. The number of aryl methyl sites for hydroxylation is 1. The minimum atomic E-state index is -0.651. The molecule has 0 radical (unpaired) electrons. The van der Waals surface area contributed by atoms with Gasteiger partial charge in [-0.3, -0.25) is 9.59 Å². The first kappa shape index (κ1) is 24.4. The van der Waals surface area contributed by atoms with Crippen LogP contribution < -0.4 is 16.0 Å². The summed E-state index contributed by atoms with van der Waals surface area (Å²) >= 11 is 3.42. The van der Waals surface area contributed by atoms with Gasteiger partial charge in [0.15, 0.2) is 0 Å². The van der Waals surface area contributed by atoms with Crippen LogP contribution in [0.15, 0.2) is 53.0 Å². The van der Waals surface area contributed by atoms with Crippen molar-refractivity contribution >= 4 is 39.5 Å². The zero-order valence-corrected chi connectivity index (χ0v) is 19.5. The van der Waals surface area contributed by atoms with Crippen molar-refractivity contribution in [3.63, 3.8) is 0 Å². The standard InChI is InChI=1S/C23H28BrN3O4/c1-23(2,3)31-22(30)26-15-21(29)27-19-9-5-7-17(13-19)14-25-20(28)11-10-16-6-4-8-18(24)12-16/h4-9,12-13H,10-11,14-15H2,1-3H3,(H,25,28)(H,26,30)(H,27,29). The number of nitrogens with one attached hydrogen (secondary N) is 3. The quantitative estimate of drug-likeness (QED) is 0.518. The Morgan fingerprint density at radius 3 is 2.35 bits per heavy atom. The van der Waals surface area contributed by atoms with Gasteiger partial charge in [0.05, 0.1) is 0 Å². The summed E-state index contributed by atoms with van der Waals surface area (Å²) in [5, 5.41) is 8.01. The fraction of sp³-hybridized carbons (Fsp3) is 0.348. The Labute approximate surface area is 191 Å². The topological polar surface area (TPSA) is 96.5 Å². The summed E-state index contributed by atoms with van der Waals surface area (Å²) in [6.45, 7) is 5.40.